The lowest BCUT2D eigenvalue weighted by atomic mass is 9.88. The van der Waals surface area contributed by atoms with Crippen molar-refractivity contribution in [3.05, 3.63) is 95.1 Å². The molecule has 0 radical (unpaired) electrons. The van der Waals surface area contributed by atoms with Crippen LogP contribution in [0.2, 0.25) is 0 Å². The average molecular weight is 746 g/mol. The largest absolute Gasteiger partial charge is 0.482 e. The minimum absolute atomic E-state index is 0.101. The van der Waals surface area contributed by atoms with Gasteiger partial charge in [-0.1, -0.05) is 49.6 Å². The Labute approximate surface area is 254 Å². The third-order valence-corrected chi connectivity index (χ3v) is 8.46. The molecule has 39 heavy (non-hydrogen) atoms. The van der Waals surface area contributed by atoms with E-state index < -0.39 is 0 Å². The van der Waals surface area contributed by atoms with Gasteiger partial charge in [0.2, 0.25) is 0 Å². The number of para-hydroxylation sites is 2. The Hall–Kier alpha value is -2.80. The third kappa shape index (κ3) is 6.51. The molecular formula is C30H28I2N4O3. The lowest BCUT2D eigenvalue weighted by Gasteiger charge is -2.22. The molecule has 1 amide bonds. The number of halogens is 2. The van der Waals surface area contributed by atoms with Gasteiger partial charge in [0.1, 0.15) is 11.6 Å². The molecule has 9 heteroatoms. The number of benzene rings is 3. The van der Waals surface area contributed by atoms with E-state index in [1.165, 1.54) is 11.1 Å². The Morgan fingerprint density at radius 3 is 2.51 bits per heavy atom. The molecule has 3 aromatic carbocycles. The van der Waals surface area contributed by atoms with E-state index in [-0.39, 0.29) is 24.0 Å². The quantitative estimate of drug-likeness (QED) is 0.166. The molecule has 5 rings (SSSR count). The number of ether oxygens (including phenoxy) is 1. The standard InChI is InChI=1S/C30H28I2N4O3/c1-19-9-5-7-13-25(19)34-27(37)18-39-28-23(31)15-20(16-24(28)32)17-33-36-29(21-10-3-2-4-11-21)35-26-14-8-6-12-22(26)30(36)38/h5-9,12-17,21H,2-4,10-11,18H2,1H3,(H,34,37). The SMILES string of the molecule is Cc1ccccc1NC(=O)COc1c(I)cc(C=Nn2c(C3CCCCC3)nc3ccccc3c2=O)cc1I. The first kappa shape index (κ1) is 27.8. The maximum atomic E-state index is 13.5. The first-order valence-electron chi connectivity index (χ1n) is 12.9. The molecule has 0 atom stereocenters. The van der Waals surface area contributed by atoms with Crippen LogP contribution in [-0.4, -0.2) is 28.4 Å². The highest BCUT2D eigenvalue weighted by molar-refractivity contribution is 14.1. The number of carbonyl (C=O) groups excluding carboxylic acids is 1. The van der Waals surface area contributed by atoms with Crippen LogP contribution >= 0.6 is 45.2 Å². The molecule has 0 unspecified atom stereocenters. The number of carbonyl (C=O) groups is 1. The van der Waals surface area contributed by atoms with E-state index in [2.05, 4.69) is 55.6 Å². The topological polar surface area (TPSA) is 85.6 Å². The highest BCUT2D eigenvalue weighted by atomic mass is 127. The van der Waals surface area contributed by atoms with Crippen molar-refractivity contribution in [2.45, 2.75) is 44.9 Å². The molecular weight excluding hydrogens is 718 g/mol. The van der Waals surface area contributed by atoms with Crippen molar-refractivity contribution in [2.75, 3.05) is 11.9 Å². The van der Waals surface area contributed by atoms with Crippen molar-refractivity contribution in [2.24, 2.45) is 5.10 Å². The number of hydrogen-bond acceptors (Lipinski definition) is 5. The van der Waals surface area contributed by atoms with E-state index in [4.69, 9.17) is 9.72 Å². The van der Waals surface area contributed by atoms with Crippen LogP contribution in [0.3, 0.4) is 0 Å². The fourth-order valence-electron chi connectivity index (χ4n) is 4.83. The maximum Gasteiger partial charge on any atom is 0.282 e. The van der Waals surface area contributed by atoms with Gasteiger partial charge < -0.3 is 10.1 Å². The predicted molar refractivity (Wildman–Crippen MR) is 172 cm³/mol. The first-order valence-corrected chi connectivity index (χ1v) is 15.1. The third-order valence-electron chi connectivity index (χ3n) is 6.86. The van der Waals surface area contributed by atoms with E-state index in [0.717, 1.165) is 55.5 Å². The molecule has 1 fully saturated rings. The molecule has 0 bridgehead atoms. The molecule has 1 aliphatic carbocycles. The number of anilines is 1. The summed E-state index contributed by atoms with van der Waals surface area (Å²) < 4.78 is 9.07. The Bertz CT molecular complexity index is 1590. The van der Waals surface area contributed by atoms with Gasteiger partial charge >= 0.3 is 0 Å². The molecule has 1 N–H and O–H groups in total. The number of amides is 1. The zero-order chi connectivity index (χ0) is 27.4. The summed E-state index contributed by atoms with van der Waals surface area (Å²) in [6.45, 7) is 1.85. The van der Waals surface area contributed by atoms with Gasteiger partial charge in [0.15, 0.2) is 6.61 Å². The Morgan fingerprint density at radius 2 is 1.77 bits per heavy atom. The van der Waals surface area contributed by atoms with Crippen molar-refractivity contribution in [3.8, 4) is 5.75 Å². The van der Waals surface area contributed by atoms with Crippen LogP contribution in [0, 0.1) is 14.1 Å². The van der Waals surface area contributed by atoms with Gasteiger partial charge in [-0.15, -0.1) is 0 Å². The second-order valence-electron chi connectivity index (χ2n) is 9.65. The summed E-state index contributed by atoms with van der Waals surface area (Å²) in [6, 6.07) is 18.9. The number of rotatable bonds is 7. The van der Waals surface area contributed by atoms with Crippen LogP contribution in [0.15, 0.2) is 70.6 Å². The monoisotopic (exact) mass is 746 g/mol. The first-order chi connectivity index (χ1) is 18.9. The molecule has 4 aromatic rings. The highest BCUT2D eigenvalue weighted by Gasteiger charge is 2.22. The summed E-state index contributed by atoms with van der Waals surface area (Å²) in [5.41, 5.74) is 3.15. The summed E-state index contributed by atoms with van der Waals surface area (Å²) in [5.74, 6) is 1.37. The normalized spacial score (nSPS) is 14.1. The van der Waals surface area contributed by atoms with Crippen LogP contribution in [0.25, 0.3) is 10.9 Å². The molecule has 1 aliphatic rings. The zero-order valence-corrected chi connectivity index (χ0v) is 25.8. The molecule has 1 saturated carbocycles. The summed E-state index contributed by atoms with van der Waals surface area (Å²) in [6.07, 6.45) is 7.22. The van der Waals surface area contributed by atoms with E-state index in [9.17, 15) is 9.59 Å². The van der Waals surface area contributed by atoms with Crippen molar-refractivity contribution in [1.82, 2.24) is 9.66 Å². The summed E-state index contributed by atoms with van der Waals surface area (Å²) in [4.78, 5) is 30.8. The van der Waals surface area contributed by atoms with Crippen molar-refractivity contribution in [1.29, 1.82) is 0 Å². The smallest absolute Gasteiger partial charge is 0.282 e. The molecule has 1 aromatic heterocycles. The zero-order valence-electron chi connectivity index (χ0n) is 21.5. The van der Waals surface area contributed by atoms with Gasteiger partial charge in [0, 0.05) is 11.6 Å². The number of nitrogens with zero attached hydrogens (tertiary/aromatic N) is 3. The molecule has 0 spiro atoms. The number of hydrogen-bond donors (Lipinski definition) is 1. The van der Waals surface area contributed by atoms with Crippen LogP contribution in [0.5, 0.6) is 5.75 Å². The second-order valence-corrected chi connectivity index (χ2v) is 12.0. The minimum Gasteiger partial charge on any atom is -0.482 e. The molecule has 200 valence electrons. The number of aryl methyl sites for hydroxylation is 1. The molecule has 7 nitrogen and oxygen atoms in total. The van der Waals surface area contributed by atoms with Crippen LogP contribution in [0.1, 0.15) is 55.0 Å². The minimum atomic E-state index is -0.222. The molecule has 0 aliphatic heterocycles. The van der Waals surface area contributed by atoms with E-state index >= 15 is 0 Å². The van der Waals surface area contributed by atoms with Gasteiger partial charge in [-0.05, 0) is 106 Å². The number of nitrogens with one attached hydrogen (secondary N) is 1. The van der Waals surface area contributed by atoms with E-state index in [1.807, 2.05) is 61.5 Å². The van der Waals surface area contributed by atoms with Crippen molar-refractivity contribution < 1.29 is 9.53 Å². The molecule has 1 heterocycles. The summed E-state index contributed by atoms with van der Waals surface area (Å²) in [5, 5.41) is 8.10. The van der Waals surface area contributed by atoms with Crippen molar-refractivity contribution in [3.63, 3.8) is 0 Å². The predicted octanol–water partition coefficient (Wildman–Crippen LogP) is 6.86. The second kappa shape index (κ2) is 12.6. The molecule has 0 saturated heterocycles. The lowest BCUT2D eigenvalue weighted by molar-refractivity contribution is -0.118. The van der Waals surface area contributed by atoms with Gasteiger partial charge in [-0.3, -0.25) is 9.59 Å². The summed E-state index contributed by atoms with van der Waals surface area (Å²) >= 11 is 4.40. The summed E-state index contributed by atoms with van der Waals surface area (Å²) in [7, 11) is 0. The number of fused-ring (bicyclic) bond motifs is 1. The van der Waals surface area contributed by atoms with Crippen LogP contribution in [0.4, 0.5) is 5.69 Å². The fraction of sp³-hybridized carbons (Fsp3) is 0.267. The Balaban J connectivity index is 1.38. The highest BCUT2D eigenvalue weighted by Crippen LogP contribution is 2.32. The van der Waals surface area contributed by atoms with E-state index in [1.54, 1.807) is 12.3 Å². The lowest BCUT2D eigenvalue weighted by Crippen LogP contribution is -2.25. The fourth-order valence-corrected chi connectivity index (χ4v) is 6.96. The number of aromatic nitrogens is 2. The Morgan fingerprint density at radius 1 is 1.08 bits per heavy atom. The van der Waals surface area contributed by atoms with Crippen LogP contribution in [-0.2, 0) is 4.79 Å². The maximum absolute atomic E-state index is 13.5. The van der Waals surface area contributed by atoms with Crippen molar-refractivity contribution >= 4 is 73.9 Å². The van der Waals surface area contributed by atoms with E-state index in [0.29, 0.717) is 16.7 Å². The van der Waals surface area contributed by atoms with Gasteiger partial charge in [-0.2, -0.15) is 9.78 Å². The average Bonchev–Trinajstić information content (AvgIpc) is 2.94. The van der Waals surface area contributed by atoms with Gasteiger partial charge in [-0.25, -0.2) is 4.98 Å². The van der Waals surface area contributed by atoms with Gasteiger partial charge in [0.25, 0.3) is 11.5 Å². The van der Waals surface area contributed by atoms with Gasteiger partial charge in [0.05, 0.1) is 24.3 Å². The Kier molecular flexibility index (Phi) is 8.96. The van der Waals surface area contributed by atoms with Crippen LogP contribution < -0.4 is 15.6 Å².